The molecule has 3 heterocycles. The first-order valence-corrected chi connectivity index (χ1v) is 10.9. The minimum atomic E-state index is -0.491. The Kier molecular flexibility index (Phi) is 6.27. The van der Waals surface area contributed by atoms with Crippen molar-refractivity contribution in [1.29, 1.82) is 0 Å². The van der Waals surface area contributed by atoms with Gasteiger partial charge in [0.1, 0.15) is 17.3 Å². The Morgan fingerprint density at radius 3 is 2.71 bits per heavy atom. The maximum absolute atomic E-state index is 13.6. The van der Waals surface area contributed by atoms with Crippen molar-refractivity contribution >= 4 is 52.1 Å². The van der Waals surface area contributed by atoms with Gasteiger partial charge in [-0.3, -0.25) is 0 Å². The van der Waals surface area contributed by atoms with Gasteiger partial charge in [-0.15, -0.1) is 10.2 Å². The molecule has 0 bridgehead atoms. The number of hydrogen-bond donors (Lipinski definition) is 0. The summed E-state index contributed by atoms with van der Waals surface area (Å²) in [5.74, 6) is 0.725. The van der Waals surface area contributed by atoms with Crippen LogP contribution in [-0.4, -0.2) is 46.5 Å². The third kappa shape index (κ3) is 4.38. The molecule has 1 fully saturated rings. The summed E-state index contributed by atoms with van der Waals surface area (Å²) in [6.45, 7) is 3.00. The van der Waals surface area contributed by atoms with Crippen LogP contribution in [0.4, 0.5) is 10.2 Å². The number of aromatic nitrogens is 4. The topological polar surface area (TPSA) is 64.0 Å². The van der Waals surface area contributed by atoms with Crippen LogP contribution in [0.15, 0.2) is 28.9 Å². The molecular weight excluding hydrogens is 444 g/mol. The number of hydrogen-bond acceptors (Lipinski definition) is 8. The zero-order chi connectivity index (χ0) is 19.5. The van der Waals surface area contributed by atoms with Gasteiger partial charge in [0.25, 0.3) is 0 Å². The van der Waals surface area contributed by atoms with Crippen molar-refractivity contribution in [2.24, 2.45) is 0 Å². The smallest absolute Gasteiger partial charge is 0.175 e. The van der Waals surface area contributed by atoms with E-state index in [2.05, 4.69) is 25.1 Å². The van der Waals surface area contributed by atoms with E-state index >= 15 is 0 Å². The molecular formula is C17H14Cl2FN5OS2. The van der Waals surface area contributed by atoms with Crippen LogP contribution in [-0.2, 0) is 10.5 Å². The second kappa shape index (κ2) is 8.87. The number of anilines is 1. The van der Waals surface area contributed by atoms with E-state index in [1.165, 1.54) is 35.2 Å². The summed E-state index contributed by atoms with van der Waals surface area (Å²) in [4.78, 5) is 11.1. The van der Waals surface area contributed by atoms with Crippen LogP contribution < -0.4 is 4.90 Å². The Labute approximate surface area is 179 Å². The molecule has 0 saturated carbocycles. The van der Waals surface area contributed by atoms with Gasteiger partial charge in [0.15, 0.2) is 9.35 Å². The summed E-state index contributed by atoms with van der Waals surface area (Å²) in [5, 5.41) is 9.46. The first-order chi connectivity index (χ1) is 13.6. The molecule has 1 aliphatic heterocycles. The number of morpholine rings is 1. The largest absolute Gasteiger partial charge is 0.378 e. The molecule has 1 aliphatic rings. The van der Waals surface area contributed by atoms with Crippen LogP contribution in [0.5, 0.6) is 0 Å². The van der Waals surface area contributed by atoms with Gasteiger partial charge in [0, 0.05) is 29.4 Å². The summed E-state index contributed by atoms with van der Waals surface area (Å²) in [7, 11) is 0. The lowest BCUT2D eigenvalue weighted by atomic mass is 10.2. The predicted octanol–water partition coefficient (Wildman–Crippen LogP) is 4.57. The van der Waals surface area contributed by atoms with Crippen molar-refractivity contribution < 1.29 is 9.13 Å². The standard InChI is InChI=1S/C17H14Cl2FN5OS2/c18-11-1-2-12(20)15(19)10(11)9-27-17-24-23-16(28-17)13-7-22-14(8-21-13)25-3-5-26-6-4-25/h1-2,7-8H,3-6,9H2. The number of ether oxygens (including phenoxy) is 1. The van der Waals surface area contributed by atoms with Crippen molar-refractivity contribution in [2.75, 3.05) is 31.2 Å². The maximum atomic E-state index is 13.6. The number of halogens is 3. The highest BCUT2D eigenvalue weighted by Gasteiger charge is 2.16. The summed E-state index contributed by atoms with van der Waals surface area (Å²) in [6.07, 6.45) is 3.43. The molecule has 0 N–H and O–H groups in total. The Morgan fingerprint density at radius 2 is 1.96 bits per heavy atom. The molecule has 1 saturated heterocycles. The van der Waals surface area contributed by atoms with Crippen LogP contribution in [0.1, 0.15) is 5.56 Å². The Morgan fingerprint density at radius 1 is 1.14 bits per heavy atom. The van der Waals surface area contributed by atoms with Gasteiger partial charge < -0.3 is 9.64 Å². The van der Waals surface area contributed by atoms with E-state index in [0.717, 1.165) is 18.9 Å². The van der Waals surface area contributed by atoms with Crippen molar-refractivity contribution in [3.05, 3.63) is 46.0 Å². The molecule has 146 valence electrons. The monoisotopic (exact) mass is 457 g/mol. The number of benzene rings is 1. The molecule has 0 atom stereocenters. The lowest BCUT2D eigenvalue weighted by Crippen LogP contribution is -2.36. The van der Waals surface area contributed by atoms with E-state index in [1.807, 2.05) is 0 Å². The number of nitrogens with zero attached hydrogens (tertiary/aromatic N) is 5. The Bertz CT molecular complexity index is 967. The molecule has 0 aliphatic carbocycles. The van der Waals surface area contributed by atoms with Gasteiger partial charge in [0.2, 0.25) is 0 Å². The van der Waals surface area contributed by atoms with Crippen molar-refractivity contribution in [1.82, 2.24) is 20.2 Å². The second-order valence-corrected chi connectivity index (χ2v) is 8.83. The van der Waals surface area contributed by atoms with E-state index in [4.69, 9.17) is 27.9 Å². The molecule has 1 aromatic carbocycles. The molecule has 6 nitrogen and oxygen atoms in total. The van der Waals surface area contributed by atoms with Crippen LogP contribution in [0.25, 0.3) is 10.7 Å². The minimum absolute atomic E-state index is 0.0364. The fourth-order valence-electron chi connectivity index (χ4n) is 2.59. The van der Waals surface area contributed by atoms with E-state index in [-0.39, 0.29) is 5.02 Å². The molecule has 28 heavy (non-hydrogen) atoms. The minimum Gasteiger partial charge on any atom is -0.378 e. The van der Waals surface area contributed by atoms with Crippen molar-refractivity contribution in [3.8, 4) is 10.7 Å². The molecule has 0 radical (unpaired) electrons. The average Bonchev–Trinajstić information content (AvgIpc) is 3.21. The lowest BCUT2D eigenvalue weighted by molar-refractivity contribution is 0.122. The van der Waals surface area contributed by atoms with E-state index < -0.39 is 5.82 Å². The van der Waals surface area contributed by atoms with E-state index in [1.54, 1.807) is 12.4 Å². The van der Waals surface area contributed by atoms with Crippen molar-refractivity contribution in [2.45, 2.75) is 10.1 Å². The molecule has 2 aromatic heterocycles. The number of thioether (sulfide) groups is 1. The molecule has 0 amide bonds. The van der Waals surface area contributed by atoms with Gasteiger partial charge in [-0.1, -0.05) is 46.3 Å². The molecule has 11 heteroatoms. The maximum Gasteiger partial charge on any atom is 0.175 e. The third-order valence-electron chi connectivity index (χ3n) is 4.08. The Hall–Kier alpha value is -1.52. The van der Waals surface area contributed by atoms with Crippen LogP contribution in [0.2, 0.25) is 10.0 Å². The SMILES string of the molecule is Fc1ccc(Cl)c(CSc2nnc(-c3cnc(N4CCOCC4)cn3)s2)c1Cl. The van der Waals surface area contributed by atoms with Crippen LogP contribution in [0.3, 0.4) is 0 Å². The van der Waals surface area contributed by atoms with Crippen molar-refractivity contribution in [3.63, 3.8) is 0 Å². The second-order valence-electron chi connectivity index (χ2n) is 5.84. The summed E-state index contributed by atoms with van der Waals surface area (Å²) in [6, 6.07) is 2.75. The van der Waals surface area contributed by atoms with Crippen LogP contribution >= 0.6 is 46.3 Å². The van der Waals surface area contributed by atoms with Gasteiger partial charge >= 0.3 is 0 Å². The fraction of sp³-hybridized carbons (Fsp3) is 0.294. The molecule has 0 unspecified atom stereocenters. The Balaban J connectivity index is 1.44. The highest BCUT2D eigenvalue weighted by atomic mass is 35.5. The highest BCUT2D eigenvalue weighted by molar-refractivity contribution is 8.00. The third-order valence-corrected chi connectivity index (χ3v) is 6.95. The summed E-state index contributed by atoms with van der Waals surface area (Å²) in [5.41, 5.74) is 1.20. The zero-order valence-corrected chi connectivity index (χ0v) is 17.6. The summed E-state index contributed by atoms with van der Waals surface area (Å²) >= 11 is 14.9. The quantitative estimate of drug-likeness (QED) is 0.410. The predicted molar refractivity (Wildman–Crippen MR) is 110 cm³/mol. The van der Waals surface area contributed by atoms with E-state index in [9.17, 15) is 4.39 Å². The van der Waals surface area contributed by atoms with E-state index in [0.29, 0.717) is 44.6 Å². The highest BCUT2D eigenvalue weighted by Crippen LogP contribution is 2.35. The molecule has 3 aromatic rings. The normalized spacial score (nSPS) is 14.5. The molecule has 4 rings (SSSR count). The van der Waals surface area contributed by atoms with Gasteiger partial charge in [-0.2, -0.15) is 0 Å². The first kappa shape index (κ1) is 19.8. The van der Waals surface area contributed by atoms with Gasteiger partial charge in [0.05, 0.1) is 30.6 Å². The van der Waals surface area contributed by atoms with Crippen LogP contribution in [0, 0.1) is 5.82 Å². The number of rotatable bonds is 5. The molecule has 0 spiro atoms. The fourth-order valence-corrected chi connectivity index (χ4v) is 5.11. The van der Waals surface area contributed by atoms with Gasteiger partial charge in [-0.25, -0.2) is 14.4 Å². The first-order valence-electron chi connectivity index (χ1n) is 8.35. The average molecular weight is 458 g/mol. The van der Waals surface area contributed by atoms with Gasteiger partial charge in [-0.05, 0) is 12.1 Å². The summed E-state index contributed by atoms with van der Waals surface area (Å²) < 4.78 is 19.7. The lowest BCUT2D eigenvalue weighted by Gasteiger charge is -2.27. The zero-order valence-electron chi connectivity index (χ0n) is 14.4.